The highest BCUT2D eigenvalue weighted by Crippen LogP contribution is 2.50. The molecule has 0 atom stereocenters. The molecule has 0 aromatic carbocycles. The van der Waals surface area contributed by atoms with Gasteiger partial charge >= 0.3 is 0 Å². The summed E-state index contributed by atoms with van der Waals surface area (Å²) in [5, 5.41) is 0. The number of oxazole rings is 1. The van der Waals surface area contributed by atoms with E-state index in [2.05, 4.69) is 4.98 Å². The first kappa shape index (κ1) is 7.80. The van der Waals surface area contributed by atoms with E-state index in [1.165, 1.54) is 12.8 Å². The quantitative estimate of drug-likeness (QED) is 0.737. The van der Waals surface area contributed by atoms with E-state index in [1.807, 2.05) is 13.1 Å². The molecular formula is C9H14N2O. The summed E-state index contributed by atoms with van der Waals surface area (Å²) >= 11 is 0. The summed E-state index contributed by atoms with van der Waals surface area (Å²) in [6.07, 6.45) is 5.29. The molecule has 66 valence electrons. The average Bonchev–Trinajstić information content (AvgIpc) is 2.69. The molecule has 0 amide bonds. The smallest absolute Gasteiger partial charge is 0.191 e. The molecule has 1 aromatic heterocycles. The van der Waals surface area contributed by atoms with Crippen LogP contribution < -0.4 is 5.73 Å². The molecule has 1 heterocycles. The van der Waals surface area contributed by atoms with Crippen LogP contribution in [0.25, 0.3) is 0 Å². The van der Waals surface area contributed by atoms with Crippen molar-refractivity contribution in [1.29, 1.82) is 0 Å². The standard InChI is InChI=1S/C9H14N2O/c1-7-11-6-8(12-7)9(2-3-9)4-5-10/h6H,2-5,10H2,1H3. The Morgan fingerprint density at radius 1 is 1.67 bits per heavy atom. The van der Waals surface area contributed by atoms with Gasteiger partial charge < -0.3 is 10.2 Å². The zero-order valence-corrected chi connectivity index (χ0v) is 7.34. The molecular weight excluding hydrogens is 152 g/mol. The fraction of sp³-hybridized carbons (Fsp3) is 0.667. The van der Waals surface area contributed by atoms with Crippen molar-refractivity contribution in [1.82, 2.24) is 4.98 Å². The molecule has 3 heteroatoms. The van der Waals surface area contributed by atoms with E-state index in [0.717, 1.165) is 24.6 Å². The highest BCUT2D eigenvalue weighted by atomic mass is 16.4. The van der Waals surface area contributed by atoms with Crippen molar-refractivity contribution in [2.45, 2.75) is 31.6 Å². The number of aryl methyl sites for hydroxylation is 1. The Balaban J connectivity index is 2.18. The van der Waals surface area contributed by atoms with Crippen molar-refractivity contribution in [3.05, 3.63) is 17.8 Å². The van der Waals surface area contributed by atoms with E-state index in [1.54, 1.807) is 0 Å². The van der Waals surface area contributed by atoms with Crippen LogP contribution in [0.4, 0.5) is 0 Å². The summed E-state index contributed by atoms with van der Waals surface area (Å²) in [4.78, 5) is 4.10. The molecule has 1 saturated carbocycles. The van der Waals surface area contributed by atoms with Crippen molar-refractivity contribution in [3.8, 4) is 0 Å². The fourth-order valence-electron chi connectivity index (χ4n) is 1.65. The molecule has 12 heavy (non-hydrogen) atoms. The van der Waals surface area contributed by atoms with Crippen molar-refractivity contribution < 1.29 is 4.42 Å². The average molecular weight is 166 g/mol. The van der Waals surface area contributed by atoms with E-state index >= 15 is 0 Å². The minimum absolute atomic E-state index is 0.260. The molecule has 0 unspecified atom stereocenters. The Morgan fingerprint density at radius 3 is 2.83 bits per heavy atom. The van der Waals surface area contributed by atoms with Crippen LogP contribution >= 0.6 is 0 Å². The number of rotatable bonds is 3. The largest absolute Gasteiger partial charge is 0.445 e. The molecule has 1 aliphatic rings. The lowest BCUT2D eigenvalue weighted by Gasteiger charge is -2.08. The third-order valence-corrected chi connectivity index (χ3v) is 2.62. The van der Waals surface area contributed by atoms with Crippen molar-refractivity contribution >= 4 is 0 Å². The topological polar surface area (TPSA) is 52.0 Å². The Hall–Kier alpha value is -0.830. The van der Waals surface area contributed by atoms with Gasteiger partial charge in [0, 0.05) is 12.3 Å². The van der Waals surface area contributed by atoms with E-state index < -0.39 is 0 Å². The van der Waals surface area contributed by atoms with Crippen LogP contribution in [-0.2, 0) is 5.41 Å². The van der Waals surface area contributed by atoms with Crippen LogP contribution in [0.3, 0.4) is 0 Å². The van der Waals surface area contributed by atoms with Gasteiger partial charge in [-0.15, -0.1) is 0 Å². The zero-order chi connectivity index (χ0) is 8.60. The Labute approximate surface area is 72.0 Å². The minimum atomic E-state index is 0.260. The third-order valence-electron chi connectivity index (χ3n) is 2.62. The predicted molar refractivity (Wildman–Crippen MR) is 45.8 cm³/mol. The highest BCUT2D eigenvalue weighted by Gasteiger charge is 2.46. The van der Waals surface area contributed by atoms with Crippen LogP contribution in [-0.4, -0.2) is 11.5 Å². The van der Waals surface area contributed by atoms with Gasteiger partial charge in [-0.2, -0.15) is 0 Å². The number of nitrogens with zero attached hydrogens (tertiary/aromatic N) is 1. The normalized spacial score (nSPS) is 19.5. The minimum Gasteiger partial charge on any atom is -0.445 e. The molecule has 3 nitrogen and oxygen atoms in total. The summed E-state index contributed by atoms with van der Waals surface area (Å²) in [7, 11) is 0. The van der Waals surface area contributed by atoms with Crippen LogP contribution in [0.1, 0.15) is 30.9 Å². The van der Waals surface area contributed by atoms with Gasteiger partial charge in [0.1, 0.15) is 5.76 Å². The highest BCUT2D eigenvalue weighted by molar-refractivity contribution is 5.20. The molecule has 0 bridgehead atoms. The van der Waals surface area contributed by atoms with E-state index in [0.29, 0.717) is 0 Å². The maximum absolute atomic E-state index is 5.54. The Kier molecular flexibility index (Phi) is 1.68. The molecule has 1 aliphatic carbocycles. The number of hydrogen-bond acceptors (Lipinski definition) is 3. The SMILES string of the molecule is Cc1ncc(C2(CCN)CC2)o1. The first-order valence-electron chi connectivity index (χ1n) is 4.40. The first-order valence-corrected chi connectivity index (χ1v) is 4.40. The zero-order valence-electron chi connectivity index (χ0n) is 7.34. The molecule has 2 rings (SSSR count). The summed E-state index contributed by atoms with van der Waals surface area (Å²) in [5.74, 6) is 1.79. The van der Waals surface area contributed by atoms with Gasteiger partial charge in [-0.3, -0.25) is 0 Å². The van der Waals surface area contributed by atoms with E-state index in [9.17, 15) is 0 Å². The summed E-state index contributed by atoms with van der Waals surface area (Å²) in [5.41, 5.74) is 5.80. The Bertz CT molecular complexity index is 276. The van der Waals surface area contributed by atoms with Gasteiger partial charge in [-0.25, -0.2) is 4.98 Å². The fourth-order valence-corrected chi connectivity index (χ4v) is 1.65. The van der Waals surface area contributed by atoms with Crippen molar-refractivity contribution in [2.24, 2.45) is 5.73 Å². The summed E-state index contributed by atoms with van der Waals surface area (Å²) in [6.45, 7) is 2.61. The summed E-state index contributed by atoms with van der Waals surface area (Å²) in [6, 6.07) is 0. The molecule has 1 fully saturated rings. The number of nitrogens with two attached hydrogens (primary N) is 1. The molecule has 0 aliphatic heterocycles. The lowest BCUT2D eigenvalue weighted by molar-refractivity contribution is 0.416. The first-order chi connectivity index (χ1) is 5.77. The van der Waals surface area contributed by atoms with Gasteiger partial charge in [-0.05, 0) is 25.8 Å². The molecule has 0 saturated heterocycles. The molecule has 2 N–H and O–H groups in total. The maximum Gasteiger partial charge on any atom is 0.191 e. The number of hydrogen-bond donors (Lipinski definition) is 1. The van der Waals surface area contributed by atoms with Crippen molar-refractivity contribution in [2.75, 3.05) is 6.54 Å². The lowest BCUT2D eigenvalue weighted by Crippen LogP contribution is -2.12. The third kappa shape index (κ3) is 1.14. The second kappa shape index (κ2) is 2.59. The van der Waals surface area contributed by atoms with E-state index in [4.69, 9.17) is 10.2 Å². The van der Waals surface area contributed by atoms with Gasteiger partial charge in [0.15, 0.2) is 5.89 Å². The molecule has 0 radical (unpaired) electrons. The number of aromatic nitrogens is 1. The van der Waals surface area contributed by atoms with Gasteiger partial charge in [0.2, 0.25) is 0 Å². The molecule has 1 aromatic rings. The summed E-state index contributed by atoms with van der Waals surface area (Å²) < 4.78 is 5.50. The maximum atomic E-state index is 5.54. The Morgan fingerprint density at radius 2 is 2.42 bits per heavy atom. The van der Waals surface area contributed by atoms with E-state index in [-0.39, 0.29) is 5.41 Å². The van der Waals surface area contributed by atoms with Gasteiger partial charge in [-0.1, -0.05) is 0 Å². The van der Waals surface area contributed by atoms with Crippen LogP contribution in [0.5, 0.6) is 0 Å². The van der Waals surface area contributed by atoms with Gasteiger partial charge in [0.05, 0.1) is 6.20 Å². The second-order valence-corrected chi connectivity index (χ2v) is 3.56. The predicted octanol–water partition coefficient (Wildman–Crippen LogP) is 1.36. The van der Waals surface area contributed by atoms with Crippen LogP contribution in [0, 0.1) is 6.92 Å². The lowest BCUT2D eigenvalue weighted by atomic mass is 10.0. The van der Waals surface area contributed by atoms with Crippen molar-refractivity contribution in [3.63, 3.8) is 0 Å². The second-order valence-electron chi connectivity index (χ2n) is 3.56. The van der Waals surface area contributed by atoms with Gasteiger partial charge in [0.25, 0.3) is 0 Å². The monoisotopic (exact) mass is 166 g/mol. The van der Waals surface area contributed by atoms with Crippen LogP contribution in [0.2, 0.25) is 0 Å². The molecule has 0 spiro atoms. The van der Waals surface area contributed by atoms with Crippen LogP contribution in [0.15, 0.2) is 10.6 Å².